The van der Waals surface area contributed by atoms with E-state index in [1.54, 1.807) is 11.3 Å². The van der Waals surface area contributed by atoms with Crippen LogP contribution in [0, 0.1) is 13.8 Å². The summed E-state index contributed by atoms with van der Waals surface area (Å²) >= 11 is 1.61. The van der Waals surface area contributed by atoms with E-state index in [0.717, 1.165) is 16.2 Å². The molecule has 1 N–H and O–H groups in total. The van der Waals surface area contributed by atoms with Gasteiger partial charge in [0.25, 0.3) is 0 Å². The van der Waals surface area contributed by atoms with E-state index in [1.165, 1.54) is 11.1 Å². The predicted molar refractivity (Wildman–Crippen MR) is 77.6 cm³/mol. The van der Waals surface area contributed by atoms with Crippen molar-refractivity contribution in [1.82, 2.24) is 9.38 Å². The molecule has 0 radical (unpaired) electrons. The molecule has 3 nitrogen and oxygen atoms in total. The third-order valence-electron chi connectivity index (χ3n) is 3.46. The van der Waals surface area contributed by atoms with Gasteiger partial charge in [-0.25, -0.2) is 4.98 Å². The summed E-state index contributed by atoms with van der Waals surface area (Å²) in [6.45, 7) is 4.15. The van der Waals surface area contributed by atoms with Crippen LogP contribution >= 0.6 is 11.3 Å². The van der Waals surface area contributed by atoms with Crippen molar-refractivity contribution in [1.29, 1.82) is 0 Å². The first-order chi connectivity index (χ1) is 9.13. The number of benzene rings is 1. The Hall–Kier alpha value is -1.65. The fraction of sp³-hybridized carbons (Fsp3) is 0.267. The van der Waals surface area contributed by atoms with Crippen LogP contribution in [0.25, 0.3) is 4.96 Å². The average Bonchev–Trinajstić information content (AvgIpc) is 2.93. The molecule has 0 saturated heterocycles. The Kier molecular flexibility index (Phi) is 3.12. The summed E-state index contributed by atoms with van der Waals surface area (Å²) in [4.78, 5) is 5.47. The maximum absolute atomic E-state index is 10.3. The molecule has 0 fully saturated rings. The number of aryl methyl sites for hydroxylation is 2. The van der Waals surface area contributed by atoms with E-state index in [1.807, 2.05) is 28.2 Å². The lowest BCUT2D eigenvalue weighted by Crippen LogP contribution is -2.02. The number of aliphatic hydroxyl groups is 1. The van der Waals surface area contributed by atoms with Crippen LogP contribution in [-0.2, 0) is 6.42 Å². The van der Waals surface area contributed by atoms with Gasteiger partial charge in [0.15, 0.2) is 4.96 Å². The van der Waals surface area contributed by atoms with Gasteiger partial charge in [0.2, 0.25) is 0 Å². The van der Waals surface area contributed by atoms with E-state index < -0.39 is 6.10 Å². The summed E-state index contributed by atoms with van der Waals surface area (Å²) in [5, 5.41) is 12.3. The Labute approximate surface area is 116 Å². The first-order valence-corrected chi connectivity index (χ1v) is 7.18. The maximum atomic E-state index is 10.3. The zero-order valence-electron chi connectivity index (χ0n) is 11.0. The molecular weight excluding hydrogens is 256 g/mol. The largest absolute Gasteiger partial charge is 0.388 e. The first-order valence-electron chi connectivity index (χ1n) is 6.30. The number of imidazole rings is 1. The van der Waals surface area contributed by atoms with Crippen LogP contribution in [0.2, 0.25) is 0 Å². The van der Waals surface area contributed by atoms with E-state index in [-0.39, 0.29) is 0 Å². The number of aliphatic hydroxyl groups excluding tert-OH is 1. The molecule has 19 heavy (non-hydrogen) atoms. The third kappa shape index (κ3) is 2.41. The van der Waals surface area contributed by atoms with Gasteiger partial charge in [-0.05, 0) is 30.5 Å². The Balaban J connectivity index is 1.82. The number of thiazole rings is 1. The van der Waals surface area contributed by atoms with Crippen LogP contribution in [0.5, 0.6) is 0 Å². The lowest BCUT2D eigenvalue weighted by atomic mass is 10.0. The molecule has 0 amide bonds. The molecular formula is C15H16N2OS. The van der Waals surface area contributed by atoms with Crippen molar-refractivity contribution in [2.24, 2.45) is 0 Å². The standard InChI is InChI=1S/C15H16N2OS/c1-10-3-4-12(7-11(10)2)14(18)8-13-9-17-5-6-19-15(17)16-13/h3-7,9,14,18H,8H2,1-2H3. The molecule has 0 bridgehead atoms. The van der Waals surface area contributed by atoms with Gasteiger partial charge < -0.3 is 5.11 Å². The summed E-state index contributed by atoms with van der Waals surface area (Å²) in [5.41, 5.74) is 4.35. The molecule has 0 aliphatic carbocycles. The Morgan fingerprint density at radius 3 is 2.89 bits per heavy atom. The average molecular weight is 272 g/mol. The Morgan fingerprint density at radius 1 is 1.32 bits per heavy atom. The summed E-state index contributed by atoms with van der Waals surface area (Å²) in [5.74, 6) is 0. The zero-order chi connectivity index (χ0) is 13.4. The lowest BCUT2D eigenvalue weighted by molar-refractivity contribution is 0.177. The molecule has 2 aromatic heterocycles. The highest BCUT2D eigenvalue weighted by atomic mass is 32.1. The maximum Gasteiger partial charge on any atom is 0.193 e. The van der Waals surface area contributed by atoms with E-state index in [9.17, 15) is 5.11 Å². The number of aromatic nitrogens is 2. The minimum Gasteiger partial charge on any atom is -0.388 e. The summed E-state index contributed by atoms with van der Waals surface area (Å²) in [7, 11) is 0. The van der Waals surface area contributed by atoms with Gasteiger partial charge in [0, 0.05) is 24.2 Å². The van der Waals surface area contributed by atoms with Gasteiger partial charge in [0.1, 0.15) is 0 Å². The van der Waals surface area contributed by atoms with E-state index in [4.69, 9.17) is 0 Å². The van der Waals surface area contributed by atoms with Crippen LogP contribution in [-0.4, -0.2) is 14.5 Å². The number of nitrogens with zero attached hydrogens (tertiary/aromatic N) is 2. The van der Waals surface area contributed by atoms with Gasteiger partial charge in [-0.3, -0.25) is 4.40 Å². The summed E-state index contributed by atoms with van der Waals surface area (Å²) in [6.07, 6.45) is 4.02. The molecule has 98 valence electrons. The second-order valence-electron chi connectivity index (χ2n) is 4.89. The normalized spacial score (nSPS) is 13.0. The Bertz CT molecular complexity index is 685. The fourth-order valence-electron chi connectivity index (χ4n) is 2.16. The number of fused-ring (bicyclic) bond motifs is 1. The topological polar surface area (TPSA) is 37.5 Å². The summed E-state index contributed by atoms with van der Waals surface area (Å²) in [6, 6.07) is 6.10. The molecule has 0 aliphatic heterocycles. The van der Waals surface area contributed by atoms with Crippen molar-refractivity contribution in [2.45, 2.75) is 26.4 Å². The highest BCUT2D eigenvalue weighted by Crippen LogP contribution is 2.21. The molecule has 0 saturated carbocycles. The molecule has 1 atom stereocenters. The second kappa shape index (κ2) is 4.79. The Morgan fingerprint density at radius 2 is 2.16 bits per heavy atom. The molecule has 0 spiro atoms. The summed E-state index contributed by atoms with van der Waals surface area (Å²) < 4.78 is 1.99. The smallest absolute Gasteiger partial charge is 0.193 e. The van der Waals surface area contributed by atoms with Gasteiger partial charge in [0.05, 0.1) is 11.8 Å². The molecule has 2 heterocycles. The van der Waals surface area contributed by atoms with Crippen molar-refractivity contribution in [3.05, 3.63) is 58.4 Å². The molecule has 0 aliphatic rings. The minimum absolute atomic E-state index is 0.496. The van der Waals surface area contributed by atoms with Crippen LogP contribution in [0.4, 0.5) is 0 Å². The minimum atomic E-state index is -0.496. The third-order valence-corrected chi connectivity index (χ3v) is 4.23. The predicted octanol–water partition coefficient (Wildman–Crippen LogP) is 3.29. The van der Waals surface area contributed by atoms with Crippen LogP contribution < -0.4 is 0 Å². The van der Waals surface area contributed by atoms with E-state index >= 15 is 0 Å². The van der Waals surface area contributed by atoms with Crippen LogP contribution in [0.3, 0.4) is 0 Å². The van der Waals surface area contributed by atoms with E-state index in [0.29, 0.717) is 6.42 Å². The molecule has 3 rings (SSSR count). The molecule has 4 heteroatoms. The molecule has 1 unspecified atom stereocenters. The number of hydrogen-bond acceptors (Lipinski definition) is 3. The highest BCUT2D eigenvalue weighted by molar-refractivity contribution is 7.15. The number of rotatable bonds is 3. The van der Waals surface area contributed by atoms with Crippen molar-refractivity contribution in [3.8, 4) is 0 Å². The quantitative estimate of drug-likeness (QED) is 0.794. The molecule has 3 aromatic rings. The van der Waals surface area contributed by atoms with Gasteiger partial charge in [-0.15, -0.1) is 11.3 Å². The van der Waals surface area contributed by atoms with Crippen molar-refractivity contribution >= 4 is 16.3 Å². The number of hydrogen-bond donors (Lipinski definition) is 1. The van der Waals surface area contributed by atoms with Crippen LogP contribution in [0.15, 0.2) is 36.0 Å². The van der Waals surface area contributed by atoms with E-state index in [2.05, 4.69) is 31.0 Å². The lowest BCUT2D eigenvalue weighted by Gasteiger charge is -2.11. The van der Waals surface area contributed by atoms with Gasteiger partial charge in [-0.1, -0.05) is 18.2 Å². The van der Waals surface area contributed by atoms with Crippen molar-refractivity contribution in [2.75, 3.05) is 0 Å². The van der Waals surface area contributed by atoms with Gasteiger partial charge in [-0.2, -0.15) is 0 Å². The van der Waals surface area contributed by atoms with Crippen molar-refractivity contribution < 1.29 is 5.11 Å². The van der Waals surface area contributed by atoms with Crippen molar-refractivity contribution in [3.63, 3.8) is 0 Å². The SMILES string of the molecule is Cc1ccc(C(O)Cc2cn3ccsc3n2)cc1C. The second-order valence-corrected chi connectivity index (χ2v) is 5.76. The monoisotopic (exact) mass is 272 g/mol. The molecule has 1 aromatic carbocycles. The first kappa shape index (κ1) is 12.4. The zero-order valence-corrected chi connectivity index (χ0v) is 11.8. The fourth-order valence-corrected chi connectivity index (χ4v) is 2.88. The van der Waals surface area contributed by atoms with Crippen LogP contribution in [0.1, 0.15) is 28.5 Å². The highest BCUT2D eigenvalue weighted by Gasteiger charge is 2.12. The van der Waals surface area contributed by atoms with Gasteiger partial charge >= 0.3 is 0 Å².